The number of benzene rings is 2. The summed E-state index contributed by atoms with van der Waals surface area (Å²) in [4.78, 5) is 11.8. The Morgan fingerprint density at radius 1 is 1.05 bits per heavy atom. The van der Waals surface area contributed by atoms with E-state index in [0.717, 1.165) is 11.1 Å². The fraction of sp³-hybridized carbons (Fsp3) is 0.316. The molecule has 2 aromatic carbocycles. The van der Waals surface area contributed by atoms with Crippen molar-refractivity contribution in [2.45, 2.75) is 25.2 Å². The van der Waals surface area contributed by atoms with Crippen LogP contribution in [0.4, 0.5) is 0 Å². The summed E-state index contributed by atoms with van der Waals surface area (Å²) in [5.41, 5.74) is 8.89. The lowest BCUT2D eigenvalue weighted by molar-refractivity contribution is -0.119. The van der Waals surface area contributed by atoms with Crippen LogP contribution in [-0.4, -0.2) is 19.6 Å². The molecule has 2 unspecified atom stereocenters. The predicted molar refractivity (Wildman–Crippen MR) is 88.8 cm³/mol. The zero-order valence-electron chi connectivity index (χ0n) is 13.2. The van der Waals surface area contributed by atoms with Crippen LogP contribution >= 0.6 is 0 Å². The molecule has 1 amide bonds. The van der Waals surface area contributed by atoms with Gasteiger partial charge in [-0.05, 0) is 23.1 Å². The second kappa shape index (κ2) is 7.76. The minimum Gasteiger partial charge on any atom is -0.384 e. The Balaban J connectivity index is 2.12. The minimum absolute atomic E-state index is 0.288. The van der Waals surface area contributed by atoms with Gasteiger partial charge in [-0.25, -0.2) is 0 Å². The van der Waals surface area contributed by atoms with Gasteiger partial charge in [0.25, 0.3) is 0 Å². The molecule has 0 spiro atoms. The number of rotatable bonds is 7. The minimum atomic E-state index is -0.289. The molecule has 0 saturated carbocycles. The summed E-state index contributed by atoms with van der Waals surface area (Å²) in [7, 11) is 1.71. The molecule has 3 nitrogen and oxygen atoms in total. The third-order valence-electron chi connectivity index (χ3n) is 3.95. The van der Waals surface area contributed by atoms with E-state index in [0.29, 0.717) is 18.9 Å². The molecule has 2 atom stereocenters. The average Bonchev–Trinajstić information content (AvgIpc) is 2.54. The Morgan fingerprint density at radius 3 is 2.23 bits per heavy atom. The molecule has 0 fully saturated rings. The number of methoxy groups -OCH3 is 1. The van der Waals surface area contributed by atoms with Crippen LogP contribution in [0.1, 0.15) is 35.4 Å². The molecule has 22 heavy (non-hydrogen) atoms. The van der Waals surface area contributed by atoms with E-state index in [9.17, 15) is 4.79 Å². The van der Waals surface area contributed by atoms with Crippen molar-refractivity contribution in [2.24, 2.45) is 5.73 Å². The fourth-order valence-corrected chi connectivity index (χ4v) is 2.63. The highest BCUT2D eigenvalue weighted by Crippen LogP contribution is 2.22. The van der Waals surface area contributed by atoms with E-state index in [1.165, 1.54) is 5.56 Å². The van der Waals surface area contributed by atoms with Gasteiger partial charge in [0.1, 0.15) is 0 Å². The predicted octanol–water partition coefficient (Wildman–Crippen LogP) is 3.25. The van der Waals surface area contributed by atoms with Crippen LogP contribution in [0.25, 0.3) is 0 Å². The maximum Gasteiger partial charge on any atom is 0.225 e. The lowest BCUT2D eigenvalue weighted by Gasteiger charge is -2.15. The van der Waals surface area contributed by atoms with Crippen molar-refractivity contribution in [1.29, 1.82) is 0 Å². The molecule has 0 aromatic heterocycles. The maximum atomic E-state index is 11.8. The van der Waals surface area contributed by atoms with Gasteiger partial charge in [-0.15, -0.1) is 0 Å². The molecule has 116 valence electrons. The molecule has 0 aliphatic heterocycles. The van der Waals surface area contributed by atoms with Crippen LogP contribution in [0.15, 0.2) is 54.6 Å². The number of carbonyl (C=O) groups excluding carboxylic acids is 1. The molecule has 0 bridgehead atoms. The Morgan fingerprint density at radius 2 is 1.68 bits per heavy atom. The van der Waals surface area contributed by atoms with Crippen LogP contribution < -0.4 is 5.73 Å². The van der Waals surface area contributed by atoms with Gasteiger partial charge in [-0.1, -0.05) is 61.5 Å². The van der Waals surface area contributed by atoms with Crippen molar-refractivity contribution in [3.8, 4) is 0 Å². The smallest absolute Gasteiger partial charge is 0.225 e. The third kappa shape index (κ3) is 4.18. The van der Waals surface area contributed by atoms with Crippen molar-refractivity contribution in [1.82, 2.24) is 0 Å². The van der Waals surface area contributed by atoms with Crippen molar-refractivity contribution in [3.63, 3.8) is 0 Å². The zero-order valence-corrected chi connectivity index (χ0v) is 13.2. The molecule has 3 heteroatoms. The first kappa shape index (κ1) is 16.2. The van der Waals surface area contributed by atoms with E-state index < -0.39 is 0 Å². The maximum absolute atomic E-state index is 11.8. The lowest BCUT2D eigenvalue weighted by Crippen LogP contribution is -2.23. The van der Waals surface area contributed by atoms with Crippen LogP contribution in [0.3, 0.4) is 0 Å². The third-order valence-corrected chi connectivity index (χ3v) is 3.95. The van der Waals surface area contributed by atoms with E-state index in [4.69, 9.17) is 10.5 Å². The zero-order chi connectivity index (χ0) is 15.9. The van der Waals surface area contributed by atoms with Crippen LogP contribution in [0, 0.1) is 0 Å². The van der Waals surface area contributed by atoms with E-state index in [1.807, 2.05) is 30.3 Å². The number of hydrogen-bond acceptors (Lipinski definition) is 2. The Hall–Kier alpha value is -2.13. The molecular formula is C19H23NO2. The number of ether oxygens (including phenoxy) is 1. The molecule has 0 radical (unpaired) electrons. The van der Waals surface area contributed by atoms with Crippen molar-refractivity contribution in [3.05, 3.63) is 71.3 Å². The summed E-state index contributed by atoms with van der Waals surface area (Å²) >= 11 is 0. The Labute approximate surface area is 132 Å². The van der Waals surface area contributed by atoms with Gasteiger partial charge in [0.15, 0.2) is 0 Å². The lowest BCUT2D eigenvalue weighted by atomic mass is 9.90. The SMILES string of the molecule is COCC(C)c1ccc(CC(C(N)=O)c2ccccc2)cc1. The molecule has 0 aliphatic carbocycles. The van der Waals surface area contributed by atoms with Gasteiger partial charge in [-0.2, -0.15) is 0 Å². The van der Waals surface area contributed by atoms with Crippen LogP contribution in [-0.2, 0) is 16.0 Å². The van der Waals surface area contributed by atoms with Gasteiger partial charge in [0.05, 0.1) is 12.5 Å². The first-order valence-electron chi connectivity index (χ1n) is 7.54. The highest BCUT2D eigenvalue weighted by atomic mass is 16.5. The van der Waals surface area contributed by atoms with Crippen molar-refractivity contribution in [2.75, 3.05) is 13.7 Å². The summed E-state index contributed by atoms with van der Waals surface area (Å²) in [5, 5.41) is 0. The Kier molecular flexibility index (Phi) is 5.73. The molecule has 2 aromatic rings. The van der Waals surface area contributed by atoms with Crippen LogP contribution in [0.5, 0.6) is 0 Å². The summed E-state index contributed by atoms with van der Waals surface area (Å²) in [5.74, 6) is -0.216. The van der Waals surface area contributed by atoms with Gasteiger partial charge in [0, 0.05) is 13.0 Å². The molecule has 2 rings (SSSR count). The van der Waals surface area contributed by atoms with E-state index >= 15 is 0 Å². The molecule has 0 heterocycles. The highest BCUT2D eigenvalue weighted by molar-refractivity contribution is 5.82. The second-order valence-corrected chi connectivity index (χ2v) is 5.67. The monoisotopic (exact) mass is 297 g/mol. The number of carbonyl (C=O) groups is 1. The standard InChI is InChI=1S/C19H23NO2/c1-14(13-22-2)16-10-8-15(9-11-16)12-18(19(20)21)17-6-4-3-5-7-17/h3-11,14,18H,12-13H2,1-2H3,(H2,20,21). The number of amides is 1. The number of hydrogen-bond donors (Lipinski definition) is 1. The molecular weight excluding hydrogens is 274 g/mol. The molecule has 0 saturated heterocycles. The summed E-state index contributed by atoms with van der Waals surface area (Å²) in [6.07, 6.45) is 0.623. The van der Waals surface area contributed by atoms with Crippen molar-refractivity contribution >= 4 is 5.91 Å². The van der Waals surface area contributed by atoms with Crippen LogP contribution in [0.2, 0.25) is 0 Å². The van der Waals surface area contributed by atoms with E-state index in [1.54, 1.807) is 7.11 Å². The second-order valence-electron chi connectivity index (χ2n) is 5.67. The van der Waals surface area contributed by atoms with Crippen molar-refractivity contribution < 1.29 is 9.53 Å². The number of primary amides is 1. The van der Waals surface area contributed by atoms with Gasteiger partial charge in [0.2, 0.25) is 5.91 Å². The van der Waals surface area contributed by atoms with Gasteiger partial charge < -0.3 is 10.5 Å². The first-order chi connectivity index (χ1) is 10.6. The highest BCUT2D eigenvalue weighted by Gasteiger charge is 2.18. The quantitative estimate of drug-likeness (QED) is 0.853. The first-order valence-corrected chi connectivity index (χ1v) is 7.54. The summed E-state index contributed by atoms with van der Waals surface area (Å²) in [6, 6.07) is 18.0. The van der Waals surface area contributed by atoms with Gasteiger partial charge >= 0.3 is 0 Å². The largest absolute Gasteiger partial charge is 0.384 e. The van der Waals surface area contributed by atoms with E-state index in [2.05, 4.69) is 31.2 Å². The average molecular weight is 297 g/mol. The normalized spacial score (nSPS) is 13.5. The summed E-state index contributed by atoms with van der Waals surface area (Å²) in [6.45, 7) is 2.84. The summed E-state index contributed by atoms with van der Waals surface area (Å²) < 4.78 is 5.18. The fourth-order valence-electron chi connectivity index (χ4n) is 2.63. The number of nitrogens with two attached hydrogens (primary N) is 1. The molecule has 0 aliphatic rings. The molecule has 2 N–H and O–H groups in total. The van der Waals surface area contributed by atoms with E-state index in [-0.39, 0.29) is 11.8 Å². The Bertz CT molecular complexity index is 593. The topological polar surface area (TPSA) is 52.3 Å². The van der Waals surface area contributed by atoms with Gasteiger partial charge in [-0.3, -0.25) is 4.79 Å².